The normalized spacial score (nSPS) is 10.2. The summed E-state index contributed by atoms with van der Waals surface area (Å²) in [6.07, 6.45) is 0. The Kier molecular flexibility index (Phi) is 16.0. The molecule has 0 bridgehead atoms. The molecule has 0 amide bonds. The topological polar surface area (TPSA) is 136 Å². The number of hydrogen-bond donors (Lipinski definition) is 1. The van der Waals surface area contributed by atoms with Crippen LogP contribution in [0.25, 0.3) is 0 Å². The Hall–Kier alpha value is 1.66. The van der Waals surface area contributed by atoms with Crippen LogP contribution in [0.5, 0.6) is 0 Å². The molecule has 0 aliphatic rings. The Labute approximate surface area is 229 Å². The third kappa shape index (κ3) is 15.9. The summed E-state index contributed by atoms with van der Waals surface area (Å²) >= 11 is -12.1. The van der Waals surface area contributed by atoms with Gasteiger partial charge in [0.15, 0.2) is 0 Å². The average Bonchev–Trinajstić information content (AvgIpc) is 2.37. The minimum Gasteiger partial charge on any atom is -0.356 e. The van der Waals surface area contributed by atoms with Gasteiger partial charge in [-0.1, -0.05) is 36.4 Å². The molecule has 0 spiro atoms. The number of hydrogen-bond acceptors (Lipinski definition) is 8. The Morgan fingerprint density at radius 3 is 1.17 bits per heavy atom. The average molecular weight is 463 g/mol. The summed E-state index contributed by atoms with van der Waals surface area (Å²) in [7, 11) is 0. The molecule has 24 heavy (non-hydrogen) atoms. The van der Waals surface area contributed by atoms with Crippen molar-refractivity contribution >= 4 is 11.4 Å². The quantitative estimate of drug-likeness (QED) is 0.444. The van der Waals surface area contributed by atoms with Crippen LogP contribution in [0.15, 0.2) is 60.7 Å². The van der Waals surface area contributed by atoms with E-state index < -0.39 is 27.2 Å². The SMILES string of the molecule is [K+].[K+].[O]=[Cr](=[O])([O-])[O][Cr](=[O])(=[O])[O-].c1ccc(Nc2ccccc2)cc1. The van der Waals surface area contributed by atoms with Crippen molar-refractivity contribution in [2.24, 2.45) is 0 Å². The summed E-state index contributed by atoms with van der Waals surface area (Å²) in [4.78, 5) is 0. The molecule has 1 N–H and O–H groups in total. The third-order valence-corrected chi connectivity index (χ3v) is 4.67. The summed E-state index contributed by atoms with van der Waals surface area (Å²) < 4.78 is 58.9. The first-order chi connectivity index (χ1) is 10.2. The first kappa shape index (κ1) is 27.9. The summed E-state index contributed by atoms with van der Waals surface area (Å²) in [5.41, 5.74) is 2.24. The molecule has 0 unspecified atom stereocenters. The van der Waals surface area contributed by atoms with Crippen molar-refractivity contribution in [3.8, 4) is 0 Å². The summed E-state index contributed by atoms with van der Waals surface area (Å²) in [5.74, 6) is 0. The van der Waals surface area contributed by atoms with Gasteiger partial charge in [-0.2, -0.15) is 0 Å². The molecule has 0 radical (unpaired) electrons. The van der Waals surface area contributed by atoms with Crippen LogP contribution in [-0.2, 0) is 45.3 Å². The van der Waals surface area contributed by atoms with Gasteiger partial charge in [-0.25, -0.2) is 0 Å². The molecule has 2 aromatic carbocycles. The van der Waals surface area contributed by atoms with E-state index in [9.17, 15) is 23.5 Å². The van der Waals surface area contributed by atoms with Crippen molar-refractivity contribution in [1.82, 2.24) is 0 Å². The number of anilines is 2. The van der Waals surface area contributed by atoms with E-state index in [1.165, 1.54) is 0 Å². The van der Waals surface area contributed by atoms with Gasteiger partial charge in [0.2, 0.25) is 0 Å². The van der Waals surface area contributed by atoms with E-state index in [0.717, 1.165) is 11.4 Å². The molecule has 0 aromatic heterocycles. The van der Waals surface area contributed by atoms with Crippen LogP contribution in [-0.4, -0.2) is 0 Å². The van der Waals surface area contributed by atoms with E-state index >= 15 is 0 Å². The molecule has 0 heterocycles. The van der Waals surface area contributed by atoms with Crippen LogP contribution in [0, 0.1) is 0 Å². The molecule has 120 valence electrons. The van der Waals surface area contributed by atoms with Crippen LogP contribution in [0.1, 0.15) is 0 Å². The fourth-order valence-corrected chi connectivity index (χ4v) is 2.94. The molecule has 2 aromatic rings. The molecular weight excluding hydrogens is 452 g/mol. The Balaban J connectivity index is 0. The van der Waals surface area contributed by atoms with E-state index in [4.69, 9.17) is 0 Å². The maximum absolute atomic E-state index is 9.38. The Bertz CT molecular complexity index is 717. The maximum atomic E-state index is 9.38. The number of nitrogens with one attached hydrogen (secondary N) is 1. The summed E-state index contributed by atoms with van der Waals surface area (Å²) in [5, 5.41) is 3.30. The molecule has 0 saturated heterocycles. The van der Waals surface area contributed by atoms with E-state index in [0.29, 0.717) is 0 Å². The minimum atomic E-state index is -6.07. The van der Waals surface area contributed by atoms with Gasteiger partial charge in [-0.3, -0.25) is 0 Å². The fraction of sp³-hybridized carbons (Fsp3) is 0. The second-order valence-corrected chi connectivity index (χ2v) is 7.38. The van der Waals surface area contributed by atoms with Gasteiger partial charge < -0.3 is 5.32 Å². The smallest absolute Gasteiger partial charge is 0.0384 e. The van der Waals surface area contributed by atoms with Crippen molar-refractivity contribution in [3.63, 3.8) is 0 Å². The van der Waals surface area contributed by atoms with E-state index in [2.05, 4.69) is 8.16 Å². The van der Waals surface area contributed by atoms with Crippen LogP contribution in [0.2, 0.25) is 0 Å². The standard InChI is InChI=1S/C12H11N.2Cr.2K.7O/c1-3-7-11(8-4-1)13-12-9-5-2-6-10-12;;;;;;;;;;;/h1-10,13H;;;;;;;;;;;/q;;;2*+1;;;;;;2*-1. The molecular formula is C12H11Cr2K2NO7. The third-order valence-electron chi connectivity index (χ3n) is 2.00. The minimum absolute atomic E-state index is 0. The zero-order valence-corrected chi connectivity index (χ0v) is 21.7. The van der Waals surface area contributed by atoms with Gasteiger partial charge in [0.25, 0.3) is 0 Å². The largest absolute Gasteiger partial charge is 0.356 e. The van der Waals surface area contributed by atoms with Crippen molar-refractivity contribution in [2.45, 2.75) is 0 Å². The number of benzene rings is 2. The molecule has 2 rings (SSSR count). The van der Waals surface area contributed by atoms with Crippen LogP contribution < -0.4 is 116 Å². The second-order valence-electron chi connectivity index (χ2n) is 3.74. The predicted molar refractivity (Wildman–Crippen MR) is 60.0 cm³/mol. The van der Waals surface area contributed by atoms with E-state index in [1.54, 1.807) is 0 Å². The summed E-state index contributed by atoms with van der Waals surface area (Å²) in [6, 6.07) is 20.3. The van der Waals surface area contributed by atoms with Gasteiger partial charge in [0, 0.05) is 11.4 Å². The fourth-order valence-electron chi connectivity index (χ4n) is 1.31. The monoisotopic (exact) mass is 463 g/mol. The maximum Gasteiger partial charge on any atom is 0.0384 e. The van der Waals surface area contributed by atoms with Gasteiger partial charge in [-0.05, 0) is 24.3 Å². The van der Waals surface area contributed by atoms with Crippen LogP contribution >= 0.6 is 0 Å². The Morgan fingerprint density at radius 1 is 0.667 bits per heavy atom. The first-order valence-corrected chi connectivity index (χ1v) is 9.82. The molecule has 0 saturated carbocycles. The second kappa shape index (κ2) is 13.8. The van der Waals surface area contributed by atoms with Gasteiger partial charge >= 0.3 is 156 Å². The zero-order chi connectivity index (χ0) is 16.6. The molecule has 12 heteroatoms. The van der Waals surface area contributed by atoms with E-state index in [1.807, 2.05) is 60.7 Å². The summed E-state index contributed by atoms with van der Waals surface area (Å²) in [6.45, 7) is 0. The van der Waals surface area contributed by atoms with Crippen LogP contribution in [0.3, 0.4) is 0 Å². The molecule has 0 aliphatic heterocycles. The predicted octanol–water partition coefficient (Wildman–Crippen LogP) is -5.49. The van der Waals surface area contributed by atoms with Crippen molar-refractivity contribution in [2.75, 3.05) is 5.32 Å². The Morgan fingerprint density at radius 2 is 0.958 bits per heavy atom. The van der Waals surface area contributed by atoms with Crippen LogP contribution in [0.4, 0.5) is 11.4 Å². The van der Waals surface area contributed by atoms with Crippen molar-refractivity contribution < 1.29 is 156 Å². The van der Waals surface area contributed by atoms with Gasteiger partial charge in [0.1, 0.15) is 0 Å². The molecule has 0 fully saturated rings. The van der Waals surface area contributed by atoms with Crippen molar-refractivity contribution in [1.29, 1.82) is 0 Å². The zero-order valence-electron chi connectivity index (χ0n) is 12.9. The molecule has 0 aliphatic carbocycles. The van der Waals surface area contributed by atoms with Gasteiger partial charge in [0.05, 0.1) is 0 Å². The molecule has 0 atom stereocenters. The number of rotatable bonds is 4. The van der Waals surface area contributed by atoms with Gasteiger partial charge in [-0.15, -0.1) is 0 Å². The first-order valence-electron chi connectivity index (χ1n) is 5.65. The van der Waals surface area contributed by atoms with E-state index in [-0.39, 0.29) is 103 Å². The number of para-hydroxylation sites is 2. The molecule has 8 nitrogen and oxygen atoms in total. The van der Waals surface area contributed by atoms with Crippen molar-refractivity contribution in [3.05, 3.63) is 60.7 Å².